The van der Waals surface area contributed by atoms with Crippen molar-refractivity contribution >= 4 is 22.4 Å². The van der Waals surface area contributed by atoms with Crippen molar-refractivity contribution in [1.29, 1.82) is 0 Å². The number of aromatic nitrogens is 3. The molecule has 1 radical (unpaired) electrons. The minimum absolute atomic E-state index is 0.311. The van der Waals surface area contributed by atoms with Crippen LogP contribution >= 0.6 is 11.3 Å². The van der Waals surface area contributed by atoms with Crippen molar-refractivity contribution in [2.75, 3.05) is 0 Å². The van der Waals surface area contributed by atoms with Gasteiger partial charge in [-0.3, -0.25) is 4.98 Å². The summed E-state index contributed by atoms with van der Waals surface area (Å²) in [6.45, 7) is 3.08. The first-order valence-corrected chi connectivity index (χ1v) is 13.7. The van der Waals surface area contributed by atoms with E-state index in [-0.39, 0.29) is 0 Å². The van der Waals surface area contributed by atoms with Gasteiger partial charge in [-0.05, 0) is 72.5 Å². The predicted octanol–water partition coefficient (Wildman–Crippen LogP) is 7.16. The third-order valence-corrected chi connectivity index (χ3v) is 8.37. The van der Waals surface area contributed by atoms with Gasteiger partial charge in [-0.2, -0.15) is 0 Å². The van der Waals surface area contributed by atoms with Gasteiger partial charge in [0.05, 0.1) is 11.0 Å². The number of aryl methyl sites for hydroxylation is 1. The van der Waals surface area contributed by atoms with Crippen LogP contribution in [0.5, 0.6) is 0 Å². The van der Waals surface area contributed by atoms with Crippen molar-refractivity contribution in [2.24, 2.45) is 0 Å². The molecular formula is C31H31N4S. The first-order valence-electron chi connectivity index (χ1n) is 12.8. The quantitative estimate of drug-likeness (QED) is 0.242. The first-order chi connectivity index (χ1) is 17.7. The second-order valence-corrected chi connectivity index (χ2v) is 10.7. The lowest BCUT2D eigenvalue weighted by Gasteiger charge is -2.31. The Kier molecular flexibility index (Phi) is 6.67. The maximum absolute atomic E-state index is 4.91. The molecule has 1 aliphatic rings. The molecule has 0 spiro atoms. The normalized spacial score (nSPS) is 16.3. The summed E-state index contributed by atoms with van der Waals surface area (Å²) in [5.74, 6) is 2.73. The fraction of sp³-hybridized carbons (Fsp3) is 0.258. The number of para-hydroxylation sites is 2. The van der Waals surface area contributed by atoms with Gasteiger partial charge < -0.3 is 10.3 Å². The Morgan fingerprint density at radius 2 is 1.94 bits per heavy atom. The Balaban J connectivity index is 1.27. The van der Waals surface area contributed by atoms with E-state index < -0.39 is 0 Å². The van der Waals surface area contributed by atoms with E-state index in [4.69, 9.17) is 9.97 Å². The SMILES string of the molecule is CC(NCc1ccc([C](Cc2nc3ccccc3[nH]2)C2CCCc3cccnc32)cc1)c1cccs1. The summed E-state index contributed by atoms with van der Waals surface area (Å²) in [7, 11) is 0. The van der Waals surface area contributed by atoms with Crippen LogP contribution in [0.4, 0.5) is 0 Å². The molecule has 0 bridgehead atoms. The maximum Gasteiger partial charge on any atom is 0.108 e. The van der Waals surface area contributed by atoms with Gasteiger partial charge in [0.1, 0.15) is 5.82 Å². The van der Waals surface area contributed by atoms with Crippen LogP contribution in [0.25, 0.3) is 11.0 Å². The molecule has 3 heterocycles. The highest BCUT2D eigenvalue weighted by atomic mass is 32.1. The van der Waals surface area contributed by atoms with Gasteiger partial charge in [0.25, 0.3) is 0 Å². The second-order valence-electron chi connectivity index (χ2n) is 9.71. The monoisotopic (exact) mass is 491 g/mol. The number of hydrogen-bond donors (Lipinski definition) is 2. The number of rotatable bonds is 8. The van der Waals surface area contributed by atoms with E-state index in [0.29, 0.717) is 12.0 Å². The topological polar surface area (TPSA) is 53.6 Å². The molecule has 2 unspecified atom stereocenters. The Morgan fingerprint density at radius 1 is 1.06 bits per heavy atom. The van der Waals surface area contributed by atoms with Crippen LogP contribution in [0.1, 0.15) is 64.8 Å². The average molecular weight is 492 g/mol. The Hall–Kier alpha value is -3.28. The summed E-state index contributed by atoms with van der Waals surface area (Å²) >= 11 is 1.80. The summed E-state index contributed by atoms with van der Waals surface area (Å²) in [5.41, 5.74) is 7.33. The molecule has 0 saturated heterocycles. The minimum atomic E-state index is 0.311. The van der Waals surface area contributed by atoms with E-state index in [0.717, 1.165) is 42.7 Å². The van der Waals surface area contributed by atoms with Crippen molar-refractivity contribution in [3.8, 4) is 0 Å². The van der Waals surface area contributed by atoms with Gasteiger partial charge in [-0.25, -0.2) is 4.98 Å². The highest BCUT2D eigenvalue weighted by molar-refractivity contribution is 7.10. The number of benzene rings is 2. The molecule has 2 aromatic carbocycles. The molecule has 0 saturated carbocycles. The minimum Gasteiger partial charge on any atom is -0.342 e. The molecule has 3 aromatic heterocycles. The second kappa shape index (κ2) is 10.4. The van der Waals surface area contributed by atoms with Gasteiger partial charge in [0.15, 0.2) is 0 Å². The summed E-state index contributed by atoms with van der Waals surface area (Å²) in [5, 5.41) is 5.80. The number of H-pyrrole nitrogens is 1. The van der Waals surface area contributed by atoms with Crippen LogP contribution in [0.15, 0.2) is 84.4 Å². The molecular weight excluding hydrogens is 460 g/mol. The van der Waals surface area contributed by atoms with E-state index in [9.17, 15) is 0 Å². The van der Waals surface area contributed by atoms with Crippen LogP contribution in [-0.4, -0.2) is 15.0 Å². The lowest BCUT2D eigenvalue weighted by atomic mass is 9.74. The molecule has 5 aromatic rings. The number of thiophene rings is 1. The maximum atomic E-state index is 4.91. The molecule has 5 heteroatoms. The van der Waals surface area contributed by atoms with Crippen LogP contribution in [-0.2, 0) is 19.4 Å². The van der Waals surface area contributed by atoms with Crippen LogP contribution in [0, 0.1) is 5.92 Å². The van der Waals surface area contributed by atoms with Gasteiger partial charge in [0.2, 0.25) is 0 Å². The molecule has 6 rings (SSSR count). The van der Waals surface area contributed by atoms with Crippen molar-refractivity contribution in [1.82, 2.24) is 20.3 Å². The molecule has 0 fully saturated rings. The Morgan fingerprint density at radius 3 is 2.78 bits per heavy atom. The van der Waals surface area contributed by atoms with Gasteiger partial charge >= 0.3 is 0 Å². The van der Waals surface area contributed by atoms with E-state index in [2.05, 4.69) is 89.3 Å². The molecule has 0 aliphatic heterocycles. The molecule has 2 N–H and O–H groups in total. The zero-order chi connectivity index (χ0) is 24.3. The zero-order valence-corrected chi connectivity index (χ0v) is 21.4. The molecule has 1 aliphatic carbocycles. The van der Waals surface area contributed by atoms with Crippen molar-refractivity contribution in [2.45, 2.75) is 51.1 Å². The number of hydrogen-bond acceptors (Lipinski definition) is 4. The third kappa shape index (κ3) is 4.86. The van der Waals surface area contributed by atoms with E-state index in [1.807, 2.05) is 12.3 Å². The Labute approximate surface area is 216 Å². The number of nitrogens with zero attached hydrogens (tertiary/aromatic N) is 2. The van der Waals surface area contributed by atoms with E-state index >= 15 is 0 Å². The molecule has 181 valence electrons. The van der Waals surface area contributed by atoms with Gasteiger partial charge in [0, 0.05) is 47.6 Å². The lowest BCUT2D eigenvalue weighted by molar-refractivity contribution is 0.543. The molecule has 36 heavy (non-hydrogen) atoms. The molecule has 0 amide bonds. The predicted molar refractivity (Wildman–Crippen MR) is 148 cm³/mol. The summed E-state index contributed by atoms with van der Waals surface area (Å²) in [6, 6.07) is 26.4. The number of nitrogens with one attached hydrogen (secondary N) is 2. The number of fused-ring (bicyclic) bond motifs is 2. The fourth-order valence-corrected chi connectivity index (χ4v) is 6.15. The Bertz CT molecular complexity index is 1390. The van der Waals surface area contributed by atoms with Gasteiger partial charge in [-0.1, -0.05) is 48.5 Å². The largest absolute Gasteiger partial charge is 0.342 e. The fourth-order valence-electron chi connectivity index (χ4n) is 5.39. The summed E-state index contributed by atoms with van der Waals surface area (Å²) in [4.78, 5) is 14.7. The molecule has 4 nitrogen and oxygen atoms in total. The van der Waals surface area contributed by atoms with Crippen LogP contribution < -0.4 is 5.32 Å². The number of pyridine rings is 1. The van der Waals surface area contributed by atoms with E-state index in [1.165, 1.54) is 39.6 Å². The number of aromatic amines is 1. The number of imidazole rings is 1. The van der Waals surface area contributed by atoms with Crippen molar-refractivity contribution in [3.63, 3.8) is 0 Å². The van der Waals surface area contributed by atoms with Crippen molar-refractivity contribution in [3.05, 3.63) is 123 Å². The lowest BCUT2D eigenvalue weighted by Crippen LogP contribution is -2.22. The van der Waals surface area contributed by atoms with Gasteiger partial charge in [-0.15, -0.1) is 11.3 Å². The van der Waals surface area contributed by atoms with E-state index in [1.54, 1.807) is 11.3 Å². The van der Waals surface area contributed by atoms with Crippen molar-refractivity contribution < 1.29 is 0 Å². The highest BCUT2D eigenvalue weighted by Gasteiger charge is 2.31. The van der Waals surface area contributed by atoms with Crippen LogP contribution in [0.2, 0.25) is 0 Å². The van der Waals surface area contributed by atoms with Crippen LogP contribution in [0.3, 0.4) is 0 Å². The molecule has 2 atom stereocenters. The summed E-state index contributed by atoms with van der Waals surface area (Å²) < 4.78 is 0. The smallest absolute Gasteiger partial charge is 0.108 e. The highest BCUT2D eigenvalue weighted by Crippen LogP contribution is 2.41. The average Bonchev–Trinajstić information content (AvgIpc) is 3.61. The third-order valence-electron chi connectivity index (χ3n) is 7.32. The summed E-state index contributed by atoms with van der Waals surface area (Å²) in [6.07, 6.45) is 6.17. The standard InChI is InChI=1S/C31H31N4S/c1-21(29-12-6-18-36-29)33-20-22-13-15-23(16-14-22)26(19-30-34-27-10-2-3-11-28(27)35-30)25-9-4-7-24-8-5-17-32-31(24)25/h2-3,5-6,8,10-18,21,25,33H,4,7,9,19-20H2,1H3,(H,34,35). The first kappa shape index (κ1) is 23.1. The zero-order valence-electron chi connectivity index (χ0n) is 20.6.